The molecule has 0 spiro atoms. The molecule has 6 nitrogen and oxygen atoms in total. The van der Waals surface area contributed by atoms with Gasteiger partial charge in [-0.25, -0.2) is 10.2 Å². The van der Waals surface area contributed by atoms with Crippen molar-refractivity contribution in [3.63, 3.8) is 0 Å². The monoisotopic (exact) mass is 274 g/mol. The molecule has 0 atom stereocenters. The lowest BCUT2D eigenvalue weighted by molar-refractivity contribution is 0.152. The van der Waals surface area contributed by atoms with Gasteiger partial charge in [-0.3, -0.25) is 0 Å². The van der Waals surface area contributed by atoms with Gasteiger partial charge in [-0.05, 0) is 24.6 Å². The maximum Gasteiger partial charge on any atom is 0.427 e. The largest absolute Gasteiger partial charge is 0.449 e. The number of nitrogens with one attached hydrogen (secondary N) is 1. The van der Waals surface area contributed by atoms with E-state index in [1.807, 2.05) is 36.2 Å². The fourth-order valence-electron chi connectivity index (χ4n) is 1.48. The first-order valence-electron chi connectivity index (χ1n) is 6.31. The average molecular weight is 274 g/mol. The van der Waals surface area contributed by atoms with E-state index in [-0.39, 0.29) is 0 Å². The van der Waals surface area contributed by atoms with E-state index in [0.717, 1.165) is 11.3 Å². The summed E-state index contributed by atoms with van der Waals surface area (Å²) >= 11 is 0. The van der Waals surface area contributed by atoms with E-state index in [9.17, 15) is 4.79 Å². The molecule has 106 valence electrons. The Morgan fingerprint density at radius 2 is 2.20 bits per heavy atom. The Bertz CT molecular complexity index is 491. The smallest absolute Gasteiger partial charge is 0.427 e. The molecule has 0 bridgehead atoms. The van der Waals surface area contributed by atoms with Crippen molar-refractivity contribution in [2.75, 3.05) is 25.1 Å². The van der Waals surface area contributed by atoms with Crippen LogP contribution < -0.4 is 10.3 Å². The van der Waals surface area contributed by atoms with E-state index in [2.05, 4.69) is 21.3 Å². The lowest BCUT2D eigenvalue weighted by Gasteiger charge is -2.17. The number of amides is 1. The van der Waals surface area contributed by atoms with Crippen molar-refractivity contribution >= 4 is 18.0 Å². The van der Waals surface area contributed by atoms with Gasteiger partial charge in [0.15, 0.2) is 0 Å². The Labute approximate surface area is 118 Å². The summed E-state index contributed by atoms with van der Waals surface area (Å²) in [5.74, 6) is 0. The number of hydrogen-bond acceptors (Lipinski definition) is 5. The van der Waals surface area contributed by atoms with Crippen LogP contribution in [0.15, 0.2) is 29.4 Å². The van der Waals surface area contributed by atoms with Crippen molar-refractivity contribution in [3.05, 3.63) is 29.8 Å². The Balaban J connectivity index is 2.52. The third-order valence-electron chi connectivity index (χ3n) is 2.54. The molecule has 1 rings (SSSR count). The third kappa shape index (κ3) is 5.40. The lowest BCUT2D eigenvalue weighted by atomic mass is 10.2. The van der Waals surface area contributed by atoms with Crippen LogP contribution in [0.1, 0.15) is 18.9 Å². The molecule has 20 heavy (non-hydrogen) atoms. The zero-order valence-corrected chi connectivity index (χ0v) is 11.7. The predicted molar refractivity (Wildman–Crippen MR) is 77.7 cm³/mol. The Morgan fingerprint density at radius 1 is 1.50 bits per heavy atom. The normalized spacial score (nSPS) is 10.1. The predicted octanol–water partition coefficient (Wildman–Crippen LogP) is 2.12. The van der Waals surface area contributed by atoms with Crippen molar-refractivity contribution in [2.24, 2.45) is 5.10 Å². The van der Waals surface area contributed by atoms with E-state index in [4.69, 9.17) is 5.26 Å². The lowest BCUT2D eigenvalue weighted by Crippen LogP contribution is -2.18. The summed E-state index contributed by atoms with van der Waals surface area (Å²) in [5, 5.41) is 12.3. The summed E-state index contributed by atoms with van der Waals surface area (Å²) < 4.78 is 4.67. The van der Waals surface area contributed by atoms with Crippen LogP contribution in [-0.2, 0) is 4.74 Å². The average Bonchev–Trinajstić information content (AvgIpc) is 2.46. The molecule has 0 aliphatic rings. The molecule has 0 fully saturated rings. The van der Waals surface area contributed by atoms with Gasteiger partial charge in [-0.15, -0.1) is 0 Å². The van der Waals surface area contributed by atoms with Gasteiger partial charge in [0, 0.05) is 19.3 Å². The summed E-state index contributed by atoms with van der Waals surface area (Å²) in [4.78, 5) is 13.0. The molecule has 1 N–H and O–H groups in total. The van der Waals surface area contributed by atoms with Gasteiger partial charge in [-0.1, -0.05) is 12.1 Å². The summed E-state index contributed by atoms with van der Waals surface area (Å²) in [7, 11) is 1.93. The molecule has 0 saturated heterocycles. The number of nitrogens with zero attached hydrogens (tertiary/aromatic N) is 3. The van der Waals surface area contributed by atoms with Crippen LogP contribution in [0.2, 0.25) is 0 Å². The van der Waals surface area contributed by atoms with Crippen molar-refractivity contribution in [1.82, 2.24) is 5.43 Å². The van der Waals surface area contributed by atoms with Crippen molar-refractivity contribution in [3.8, 4) is 6.07 Å². The molecule has 1 aromatic carbocycles. The van der Waals surface area contributed by atoms with Gasteiger partial charge in [0.25, 0.3) is 0 Å². The molecule has 0 saturated carbocycles. The van der Waals surface area contributed by atoms with E-state index in [1.54, 1.807) is 6.92 Å². The molecule has 0 radical (unpaired) electrons. The number of benzene rings is 1. The van der Waals surface area contributed by atoms with Crippen molar-refractivity contribution in [1.29, 1.82) is 5.26 Å². The minimum absolute atomic E-state index is 0.311. The van der Waals surface area contributed by atoms with Gasteiger partial charge < -0.3 is 9.64 Å². The first kappa shape index (κ1) is 15.5. The molecular weight excluding hydrogens is 256 g/mol. The molecule has 1 amide bonds. The number of hydrogen-bond donors (Lipinski definition) is 1. The van der Waals surface area contributed by atoms with Crippen LogP contribution in [-0.4, -0.2) is 32.5 Å². The second kappa shape index (κ2) is 8.53. The quantitative estimate of drug-likeness (QED) is 0.636. The second-order valence-corrected chi connectivity index (χ2v) is 4.01. The second-order valence-electron chi connectivity index (χ2n) is 4.01. The fraction of sp³-hybridized carbons (Fsp3) is 0.357. The summed E-state index contributed by atoms with van der Waals surface area (Å²) in [6.45, 7) is 2.73. The summed E-state index contributed by atoms with van der Waals surface area (Å²) in [5.41, 5.74) is 4.14. The Kier molecular flexibility index (Phi) is 6.62. The SMILES string of the molecule is CCOC(=O)N/N=C\c1ccc(N(C)CCC#N)cc1. The van der Waals surface area contributed by atoms with Crippen molar-refractivity contribution in [2.45, 2.75) is 13.3 Å². The van der Waals surface area contributed by atoms with E-state index in [1.165, 1.54) is 6.21 Å². The number of carbonyl (C=O) groups is 1. The highest BCUT2D eigenvalue weighted by Crippen LogP contribution is 2.13. The van der Waals surface area contributed by atoms with Crippen LogP contribution in [0.25, 0.3) is 0 Å². The molecule has 1 aromatic rings. The van der Waals surface area contributed by atoms with E-state index < -0.39 is 6.09 Å². The minimum Gasteiger partial charge on any atom is -0.449 e. The Hall–Kier alpha value is -2.55. The standard InChI is InChI=1S/C14H18N4O2/c1-3-20-14(19)17-16-11-12-5-7-13(8-6-12)18(2)10-4-9-15/h5-8,11H,3-4,10H2,1-2H3,(H,17,19)/b16-11-. The van der Waals surface area contributed by atoms with Gasteiger partial charge in [0.05, 0.1) is 25.3 Å². The summed E-state index contributed by atoms with van der Waals surface area (Å²) in [6.07, 6.45) is 1.45. The van der Waals surface area contributed by atoms with Crippen molar-refractivity contribution < 1.29 is 9.53 Å². The molecule has 0 aromatic heterocycles. The van der Waals surface area contributed by atoms with Crippen LogP contribution in [0, 0.1) is 11.3 Å². The molecule has 6 heteroatoms. The number of carbonyl (C=O) groups excluding carboxylic acids is 1. The van der Waals surface area contributed by atoms with Crippen LogP contribution in [0.5, 0.6) is 0 Å². The van der Waals surface area contributed by atoms with Gasteiger partial charge in [0.1, 0.15) is 0 Å². The number of hydrazone groups is 1. The fourth-order valence-corrected chi connectivity index (χ4v) is 1.48. The van der Waals surface area contributed by atoms with E-state index >= 15 is 0 Å². The molecule has 0 unspecified atom stereocenters. The number of ether oxygens (including phenoxy) is 1. The van der Waals surface area contributed by atoms with Crippen LogP contribution in [0.4, 0.5) is 10.5 Å². The zero-order chi connectivity index (χ0) is 14.8. The highest BCUT2D eigenvalue weighted by Gasteiger charge is 2.00. The van der Waals surface area contributed by atoms with Crippen LogP contribution in [0.3, 0.4) is 0 Å². The third-order valence-corrected chi connectivity index (χ3v) is 2.54. The van der Waals surface area contributed by atoms with Gasteiger partial charge in [0.2, 0.25) is 0 Å². The maximum atomic E-state index is 11.0. The van der Waals surface area contributed by atoms with Crippen LogP contribution >= 0.6 is 0 Å². The maximum absolute atomic E-state index is 11.0. The summed E-state index contributed by atoms with van der Waals surface area (Å²) in [6, 6.07) is 9.75. The number of anilines is 1. The molecule has 0 aliphatic carbocycles. The van der Waals surface area contributed by atoms with Gasteiger partial charge >= 0.3 is 6.09 Å². The van der Waals surface area contributed by atoms with Gasteiger partial charge in [-0.2, -0.15) is 10.4 Å². The molecule has 0 heterocycles. The topological polar surface area (TPSA) is 77.7 Å². The highest BCUT2D eigenvalue weighted by atomic mass is 16.5. The number of rotatable bonds is 6. The highest BCUT2D eigenvalue weighted by molar-refractivity contribution is 5.81. The first-order valence-corrected chi connectivity index (χ1v) is 6.31. The molecule has 0 aliphatic heterocycles. The zero-order valence-electron chi connectivity index (χ0n) is 11.7. The molecular formula is C14H18N4O2. The van der Waals surface area contributed by atoms with E-state index in [0.29, 0.717) is 19.6 Å². The minimum atomic E-state index is -0.573. The number of nitriles is 1. The Morgan fingerprint density at radius 3 is 2.80 bits per heavy atom. The first-order chi connectivity index (χ1) is 9.67.